The second kappa shape index (κ2) is 4.82. The first-order valence-electron chi connectivity index (χ1n) is 9.00. The van der Waals surface area contributed by atoms with Crippen LogP contribution in [0.1, 0.15) is 52.9 Å². The van der Waals surface area contributed by atoms with Crippen molar-refractivity contribution in [3.05, 3.63) is 23.8 Å². The largest absolute Gasteiger partial charge is 0.385 e. The minimum Gasteiger partial charge on any atom is -0.385 e. The number of rotatable bonds is 0. The van der Waals surface area contributed by atoms with Crippen LogP contribution in [0.2, 0.25) is 0 Å². The second-order valence-electron chi connectivity index (χ2n) is 8.95. The molecule has 2 fully saturated rings. The van der Waals surface area contributed by atoms with Crippen molar-refractivity contribution in [2.24, 2.45) is 28.6 Å². The van der Waals surface area contributed by atoms with Crippen LogP contribution in [0.4, 0.5) is 0 Å². The summed E-state index contributed by atoms with van der Waals surface area (Å²) in [6.45, 7) is 6.63. The third-order valence-corrected chi connectivity index (χ3v) is 8.84. The number of allylic oxidation sites excluding steroid dienone is 3. The molecule has 0 radical (unpaired) electrons. The first-order valence-corrected chi connectivity index (χ1v) is 9.91. The summed E-state index contributed by atoms with van der Waals surface area (Å²) in [7, 11) is 0. The van der Waals surface area contributed by atoms with Gasteiger partial charge in [0.2, 0.25) is 0 Å². The first-order chi connectivity index (χ1) is 10.7. The average Bonchev–Trinajstić information content (AvgIpc) is 2.72. The summed E-state index contributed by atoms with van der Waals surface area (Å²) >= 11 is 3.89. The number of aliphatic hydroxyl groups is 1. The van der Waals surface area contributed by atoms with E-state index in [1.54, 1.807) is 0 Å². The van der Waals surface area contributed by atoms with Gasteiger partial charge in [0, 0.05) is 16.7 Å². The first kappa shape index (κ1) is 16.1. The molecule has 0 amide bonds. The van der Waals surface area contributed by atoms with Gasteiger partial charge in [0.25, 0.3) is 0 Å². The Kier molecular flexibility index (Phi) is 3.37. The normalized spacial score (nSPS) is 55.0. The lowest BCUT2D eigenvalue weighted by molar-refractivity contribution is -0.120. The van der Waals surface area contributed by atoms with Gasteiger partial charge in [0.1, 0.15) is 0 Å². The molecule has 0 aromatic carbocycles. The van der Waals surface area contributed by atoms with Crippen molar-refractivity contribution in [3.8, 4) is 0 Å². The van der Waals surface area contributed by atoms with Crippen LogP contribution in [0.15, 0.2) is 23.8 Å². The lowest BCUT2D eigenvalue weighted by Crippen LogP contribution is -2.56. The SMILES string of the molecule is C[C@]12CCC(=O)C=C1C(Br)C[C@@H]1[C@@H]2CC[C@@]2(C)[C@H]1C=C[C@]2(C)O. The van der Waals surface area contributed by atoms with E-state index in [4.69, 9.17) is 0 Å². The summed E-state index contributed by atoms with van der Waals surface area (Å²) in [6, 6.07) is 0. The standard InChI is InChI=1S/C20H27BrO2/c1-18-7-4-12(22)10-16(18)17(21)11-13-14(18)5-8-19(2)15(13)6-9-20(19,3)23/h6,9-10,13-15,17,23H,4-5,7-8,11H2,1-3H3/t13-,14+,15+,17?,18-,19+,20+/m1/s1. The molecule has 126 valence electrons. The average molecular weight is 379 g/mol. The second-order valence-corrected chi connectivity index (χ2v) is 10.1. The molecular weight excluding hydrogens is 352 g/mol. The maximum Gasteiger partial charge on any atom is 0.155 e. The number of hydrogen-bond acceptors (Lipinski definition) is 2. The molecule has 0 saturated heterocycles. The van der Waals surface area contributed by atoms with Gasteiger partial charge in [-0.1, -0.05) is 41.9 Å². The van der Waals surface area contributed by atoms with Crippen molar-refractivity contribution in [1.82, 2.24) is 0 Å². The molecule has 0 heterocycles. The van der Waals surface area contributed by atoms with Crippen LogP contribution >= 0.6 is 15.9 Å². The summed E-state index contributed by atoms with van der Waals surface area (Å²) in [4.78, 5) is 12.2. The lowest BCUT2D eigenvalue weighted by atomic mass is 9.46. The molecule has 23 heavy (non-hydrogen) atoms. The van der Waals surface area contributed by atoms with E-state index in [1.807, 2.05) is 19.1 Å². The van der Waals surface area contributed by atoms with Gasteiger partial charge in [0.15, 0.2) is 5.78 Å². The number of hydrogen-bond donors (Lipinski definition) is 1. The third kappa shape index (κ3) is 1.99. The van der Waals surface area contributed by atoms with Crippen LogP contribution in [-0.4, -0.2) is 21.3 Å². The van der Waals surface area contributed by atoms with E-state index < -0.39 is 5.60 Å². The Morgan fingerprint density at radius 3 is 2.74 bits per heavy atom. The monoisotopic (exact) mass is 378 g/mol. The molecule has 0 aromatic rings. The van der Waals surface area contributed by atoms with Crippen LogP contribution in [0, 0.1) is 28.6 Å². The molecule has 2 nitrogen and oxygen atoms in total. The Labute approximate surface area is 147 Å². The number of halogens is 1. The van der Waals surface area contributed by atoms with Gasteiger partial charge in [0.05, 0.1) is 5.60 Å². The van der Waals surface area contributed by atoms with Crippen molar-refractivity contribution >= 4 is 21.7 Å². The van der Waals surface area contributed by atoms with Gasteiger partial charge in [-0.15, -0.1) is 0 Å². The van der Waals surface area contributed by atoms with E-state index in [1.165, 1.54) is 5.57 Å². The van der Waals surface area contributed by atoms with Gasteiger partial charge in [-0.25, -0.2) is 0 Å². The quantitative estimate of drug-likeness (QED) is 0.500. The van der Waals surface area contributed by atoms with Crippen molar-refractivity contribution in [2.75, 3.05) is 0 Å². The van der Waals surface area contributed by atoms with Gasteiger partial charge in [-0.3, -0.25) is 4.79 Å². The van der Waals surface area contributed by atoms with E-state index in [0.29, 0.717) is 34.8 Å². The highest BCUT2D eigenvalue weighted by Gasteiger charge is 2.61. The molecule has 4 aliphatic carbocycles. The van der Waals surface area contributed by atoms with Crippen LogP contribution in [0.5, 0.6) is 0 Å². The lowest BCUT2D eigenvalue weighted by Gasteiger charge is -2.59. The fourth-order valence-corrected chi connectivity index (χ4v) is 7.33. The minimum atomic E-state index is -0.690. The molecule has 4 rings (SSSR count). The molecule has 0 aromatic heterocycles. The van der Waals surface area contributed by atoms with Crippen molar-refractivity contribution in [2.45, 2.75) is 63.3 Å². The minimum absolute atomic E-state index is 0.0387. The molecule has 4 aliphatic rings. The van der Waals surface area contributed by atoms with E-state index in [9.17, 15) is 9.90 Å². The predicted molar refractivity (Wildman–Crippen MR) is 95.3 cm³/mol. The van der Waals surface area contributed by atoms with Gasteiger partial charge in [-0.05, 0) is 67.4 Å². The topological polar surface area (TPSA) is 37.3 Å². The maximum atomic E-state index is 11.9. The predicted octanol–water partition coefficient (Wildman–Crippen LogP) is 4.42. The Balaban J connectivity index is 1.75. The highest BCUT2D eigenvalue weighted by Crippen LogP contribution is 2.66. The number of fused-ring (bicyclic) bond motifs is 5. The van der Waals surface area contributed by atoms with E-state index in [2.05, 4.69) is 35.9 Å². The van der Waals surface area contributed by atoms with Gasteiger partial charge >= 0.3 is 0 Å². The smallest absolute Gasteiger partial charge is 0.155 e. The highest BCUT2D eigenvalue weighted by molar-refractivity contribution is 9.09. The summed E-state index contributed by atoms with van der Waals surface area (Å²) in [5.74, 6) is 1.97. The molecule has 0 spiro atoms. The summed E-state index contributed by atoms with van der Waals surface area (Å²) in [5, 5.41) is 10.9. The van der Waals surface area contributed by atoms with E-state index in [-0.39, 0.29) is 10.8 Å². The Bertz CT molecular complexity index is 619. The van der Waals surface area contributed by atoms with Crippen molar-refractivity contribution < 1.29 is 9.90 Å². The molecule has 0 bridgehead atoms. The maximum absolute atomic E-state index is 11.9. The molecular formula is C20H27BrO2. The summed E-state index contributed by atoms with van der Waals surface area (Å²) < 4.78 is 0. The fraction of sp³-hybridized carbons (Fsp3) is 0.750. The Morgan fingerprint density at radius 2 is 2.00 bits per heavy atom. The fourth-order valence-electron chi connectivity index (χ4n) is 6.24. The zero-order valence-corrected chi connectivity index (χ0v) is 15.9. The van der Waals surface area contributed by atoms with Crippen LogP contribution in [0.25, 0.3) is 0 Å². The zero-order chi connectivity index (χ0) is 16.6. The highest BCUT2D eigenvalue weighted by atomic mass is 79.9. The Morgan fingerprint density at radius 1 is 1.26 bits per heavy atom. The summed E-state index contributed by atoms with van der Waals surface area (Å²) in [6.07, 6.45) is 11.3. The van der Waals surface area contributed by atoms with Gasteiger partial charge < -0.3 is 5.11 Å². The van der Waals surface area contributed by atoms with E-state index >= 15 is 0 Å². The number of alkyl halides is 1. The summed E-state index contributed by atoms with van der Waals surface area (Å²) in [5.41, 5.74) is 0.758. The third-order valence-electron chi connectivity index (χ3n) is 7.97. The van der Waals surface area contributed by atoms with E-state index in [0.717, 1.165) is 25.7 Å². The molecule has 2 saturated carbocycles. The molecule has 1 N–H and O–H groups in total. The zero-order valence-electron chi connectivity index (χ0n) is 14.3. The number of carbonyl (C=O) groups is 1. The molecule has 1 unspecified atom stereocenters. The molecule has 7 atom stereocenters. The van der Waals surface area contributed by atoms with Crippen LogP contribution in [-0.2, 0) is 4.79 Å². The van der Waals surface area contributed by atoms with Crippen LogP contribution in [0.3, 0.4) is 0 Å². The molecule has 3 heteroatoms. The van der Waals surface area contributed by atoms with Crippen LogP contribution < -0.4 is 0 Å². The van der Waals surface area contributed by atoms with Crippen molar-refractivity contribution in [1.29, 1.82) is 0 Å². The number of ketones is 1. The van der Waals surface area contributed by atoms with Gasteiger partial charge in [-0.2, -0.15) is 0 Å². The number of carbonyl (C=O) groups excluding carboxylic acids is 1. The molecule has 0 aliphatic heterocycles. The van der Waals surface area contributed by atoms with Crippen molar-refractivity contribution in [3.63, 3.8) is 0 Å². The Hall–Kier alpha value is -0.410.